The van der Waals surface area contributed by atoms with Gasteiger partial charge in [-0.05, 0) is 0 Å². The molecule has 0 N–H and O–H groups in total. The molecule has 0 aromatic rings. The Morgan fingerprint density at radius 1 is 1.24 bits per heavy atom. The van der Waals surface area contributed by atoms with Crippen LogP contribution in [0.5, 0.6) is 0 Å². The van der Waals surface area contributed by atoms with Crippen LogP contribution in [0.2, 0.25) is 0 Å². The smallest absolute Gasteiger partial charge is 0.294 e. The summed E-state index contributed by atoms with van der Waals surface area (Å²) in [5.74, 6) is 0.922. The molecule has 11 heteroatoms. The Morgan fingerprint density at radius 2 is 1.94 bits per heavy atom. The first kappa shape index (κ1) is 16.1. The highest BCUT2D eigenvalue weighted by molar-refractivity contribution is 8.76. The average Bonchev–Trinajstić information content (AvgIpc) is 2.24. The number of nitrogens with zero attached hydrogens (tertiary/aromatic N) is 2. The maximum atomic E-state index is 10.1. The largest absolute Gasteiger partial charge is 0.384 e. The van der Waals surface area contributed by atoms with Gasteiger partial charge in [-0.15, -0.1) is 20.2 Å². The molecule has 0 aliphatic heterocycles. The summed E-state index contributed by atoms with van der Waals surface area (Å²) in [5.41, 5.74) is 0. The van der Waals surface area contributed by atoms with E-state index in [-0.39, 0.29) is 5.75 Å². The molecule has 0 aromatic carbocycles. The lowest BCUT2D eigenvalue weighted by Crippen LogP contribution is -2.26. The van der Waals surface area contributed by atoms with Gasteiger partial charge in [-0.1, -0.05) is 21.6 Å². The Bertz CT molecular complexity index is 242. The first-order valence-electron chi connectivity index (χ1n) is 4.38. The summed E-state index contributed by atoms with van der Waals surface area (Å²) >= 11 is 0. The summed E-state index contributed by atoms with van der Waals surface area (Å²) in [6.07, 6.45) is -0.963. The van der Waals surface area contributed by atoms with Gasteiger partial charge in [-0.3, -0.25) is 0 Å². The van der Waals surface area contributed by atoms with Gasteiger partial charge in [0.05, 0.1) is 6.61 Å². The fourth-order valence-electron chi connectivity index (χ4n) is 0.675. The van der Waals surface area contributed by atoms with E-state index in [1.807, 2.05) is 0 Å². The summed E-state index contributed by atoms with van der Waals surface area (Å²) in [7, 11) is 4.30. The normalized spacial score (nSPS) is 11.8. The SMILES string of the molecule is COCCSSCC(CO[N+](=O)[O-])O[N+](=O)[O-]. The van der Waals surface area contributed by atoms with Crippen LogP contribution >= 0.6 is 21.6 Å². The first-order valence-corrected chi connectivity index (χ1v) is 6.87. The molecule has 1 atom stereocenters. The van der Waals surface area contributed by atoms with Gasteiger partial charge < -0.3 is 14.4 Å². The summed E-state index contributed by atoms with van der Waals surface area (Å²) < 4.78 is 4.80. The summed E-state index contributed by atoms with van der Waals surface area (Å²) in [5, 5.41) is 18.0. The zero-order valence-electron chi connectivity index (χ0n) is 8.97. The van der Waals surface area contributed by atoms with Gasteiger partial charge in [-0.25, -0.2) is 0 Å². The van der Waals surface area contributed by atoms with Crippen molar-refractivity contribution >= 4 is 21.6 Å². The van der Waals surface area contributed by atoms with E-state index in [1.54, 1.807) is 7.11 Å². The van der Waals surface area contributed by atoms with Crippen LogP contribution in [0.3, 0.4) is 0 Å². The van der Waals surface area contributed by atoms with E-state index in [9.17, 15) is 20.2 Å². The van der Waals surface area contributed by atoms with Crippen molar-refractivity contribution in [2.45, 2.75) is 6.10 Å². The van der Waals surface area contributed by atoms with E-state index in [1.165, 1.54) is 21.6 Å². The van der Waals surface area contributed by atoms with Crippen molar-refractivity contribution in [2.75, 3.05) is 31.8 Å². The van der Waals surface area contributed by atoms with Crippen molar-refractivity contribution in [1.29, 1.82) is 0 Å². The van der Waals surface area contributed by atoms with Crippen LogP contribution < -0.4 is 0 Å². The van der Waals surface area contributed by atoms with E-state index in [2.05, 4.69) is 9.68 Å². The van der Waals surface area contributed by atoms with Crippen LogP contribution in [0.4, 0.5) is 0 Å². The average molecular weight is 288 g/mol. The lowest BCUT2D eigenvalue weighted by atomic mass is 10.4. The second-order valence-corrected chi connectivity index (χ2v) is 5.20. The van der Waals surface area contributed by atoms with Gasteiger partial charge in [0.15, 0.2) is 0 Å². The third-order valence-electron chi connectivity index (χ3n) is 1.31. The molecule has 0 spiro atoms. The highest BCUT2D eigenvalue weighted by atomic mass is 33.1. The van der Waals surface area contributed by atoms with E-state index >= 15 is 0 Å². The van der Waals surface area contributed by atoms with Gasteiger partial charge in [0, 0.05) is 18.6 Å². The van der Waals surface area contributed by atoms with Crippen LogP contribution in [-0.2, 0) is 14.4 Å². The maximum Gasteiger partial charge on any atom is 0.294 e. The summed E-state index contributed by atoms with van der Waals surface area (Å²) in [4.78, 5) is 28.3. The molecule has 0 fully saturated rings. The Morgan fingerprint density at radius 3 is 2.47 bits per heavy atom. The molecule has 0 rings (SSSR count). The number of rotatable bonds is 11. The molecule has 0 saturated heterocycles. The van der Waals surface area contributed by atoms with Crippen LogP contribution in [-0.4, -0.2) is 48.1 Å². The minimum atomic E-state index is -1.01. The molecule has 0 aromatic heterocycles. The van der Waals surface area contributed by atoms with E-state index in [4.69, 9.17) is 4.74 Å². The molecular weight excluding hydrogens is 276 g/mol. The highest BCUT2D eigenvalue weighted by Gasteiger charge is 2.15. The molecule has 0 bridgehead atoms. The molecule has 0 heterocycles. The zero-order valence-corrected chi connectivity index (χ0v) is 10.6. The molecule has 0 aliphatic carbocycles. The van der Waals surface area contributed by atoms with Gasteiger partial charge >= 0.3 is 0 Å². The van der Waals surface area contributed by atoms with Gasteiger partial charge in [0.2, 0.25) is 0 Å². The van der Waals surface area contributed by atoms with Crippen molar-refractivity contribution in [2.24, 2.45) is 0 Å². The summed E-state index contributed by atoms with van der Waals surface area (Å²) in [6.45, 7) is 0.0929. The standard InChI is InChI=1S/C6H12N2O7S2/c1-13-2-3-16-17-5-6(15-8(11)12)4-14-7(9)10/h6H,2-5H2,1H3. The quantitative estimate of drug-likeness (QED) is 0.235. The fraction of sp³-hybridized carbons (Fsp3) is 1.00. The molecule has 0 amide bonds. The third kappa shape index (κ3) is 11.3. The molecule has 0 radical (unpaired) electrons. The molecule has 0 aliphatic rings. The first-order chi connectivity index (χ1) is 8.06. The van der Waals surface area contributed by atoms with E-state index < -0.39 is 22.9 Å². The van der Waals surface area contributed by atoms with Crippen LogP contribution in [0.25, 0.3) is 0 Å². The minimum absolute atomic E-state index is 0.212. The Hall–Kier alpha value is -0.940. The highest BCUT2D eigenvalue weighted by Crippen LogP contribution is 2.22. The number of hydrogen-bond donors (Lipinski definition) is 0. The summed E-state index contributed by atoms with van der Waals surface area (Å²) in [6, 6.07) is 0. The fourth-order valence-corrected chi connectivity index (χ4v) is 2.73. The predicted octanol–water partition coefficient (Wildman–Crippen LogP) is 0.799. The van der Waals surface area contributed by atoms with Gasteiger partial charge in [-0.2, -0.15) is 0 Å². The zero-order chi connectivity index (χ0) is 13.1. The van der Waals surface area contributed by atoms with Crippen molar-refractivity contribution in [3.05, 3.63) is 20.2 Å². The Kier molecular flexibility index (Phi) is 9.66. The number of ether oxygens (including phenoxy) is 1. The second-order valence-electron chi connectivity index (χ2n) is 2.57. The lowest BCUT2D eigenvalue weighted by Gasteiger charge is -2.12. The third-order valence-corrected chi connectivity index (χ3v) is 3.73. The predicted molar refractivity (Wildman–Crippen MR) is 61.6 cm³/mol. The number of methoxy groups -OCH3 is 1. The molecule has 17 heavy (non-hydrogen) atoms. The van der Waals surface area contributed by atoms with Crippen LogP contribution in [0.1, 0.15) is 0 Å². The minimum Gasteiger partial charge on any atom is -0.384 e. The van der Waals surface area contributed by atoms with E-state index in [0.29, 0.717) is 12.4 Å². The van der Waals surface area contributed by atoms with Gasteiger partial charge in [0.1, 0.15) is 12.7 Å². The lowest BCUT2D eigenvalue weighted by molar-refractivity contribution is -0.788. The molecular formula is C6H12N2O7S2. The maximum absolute atomic E-state index is 10.1. The van der Waals surface area contributed by atoms with Crippen molar-refractivity contribution in [1.82, 2.24) is 0 Å². The molecule has 1 unspecified atom stereocenters. The van der Waals surface area contributed by atoms with Crippen molar-refractivity contribution < 1.29 is 24.6 Å². The molecule has 0 saturated carbocycles. The van der Waals surface area contributed by atoms with Crippen LogP contribution in [0.15, 0.2) is 0 Å². The van der Waals surface area contributed by atoms with Crippen LogP contribution in [0, 0.1) is 20.2 Å². The number of hydrogen-bond acceptors (Lipinski definition) is 9. The van der Waals surface area contributed by atoms with Crippen molar-refractivity contribution in [3.8, 4) is 0 Å². The van der Waals surface area contributed by atoms with Crippen molar-refractivity contribution in [3.63, 3.8) is 0 Å². The molecule has 9 nitrogen and oxygen atoms in total. The topological polar surface area (TPSA) is 114 Å². The molecule has 100 valence electrons. The second kappa shape index (κ2) is 10.2. The Balaban J connectivity index is 3.76. The monoisotopic (exact) mass is 288 g/mol. The van der Waals surface area contributed by atoms with Gasteiger partial charge in [0.25, 0.3) is 10.2 Å². The van der Waals surface area contributed by atoms with E-state index in [0.717, 1.165) is 0 Å². The Labute approximate surface area is 105 Å².